The van der Waals surface area contributed by atoms with Crippen LogP contribution >= 0.6 is 22.6 Å². The van der Waals surface area contributed by atoms with Gasteiger partial charge in [-0.15, -0.1) is 10.2 Å². The summed E-state index contributed by atoms with van der Waals surface area (Å²) in [6.45, 7) is 1.82. The third kappa shape index (κ3) is 4.70. The van der Waals surface area contributed by atoms with Crippen molar-refractivity contribution < 1.29 is 14.7 Å². The third-order valence-electron chi connectivity index (χ3n) is 4.85. The van der Waals surface area contributed by atoms with E-state index in [1.165, 1.54) is 4.57 Å². The van der Waals surface area contributed by atoms with E-state index in [1.807, 2.05) is 25.1 Å². The van der Waals surface area contributed by atoms with Gasteiger partial charge < -0.3 is 15.0 Å². The number of halogens is 1. The molecule has 0 saturated carbocycles. The Morgan fingerprint density at radius 3 is 2.53 bits per heavy atom. The monoisotopic (exact) mass is 538 g/mol. The fourth-order valence-electron chi connectivity index (χ4n) is 3.34. The van der Waals surface area contributed by atoms with Crippen molar-refractivity contribution in [3.63, 3.8) is 0 Å². The first kappa shape index (κ1) is 21.7. The number of rotatable bonds is 5. The van der Waals surface area contributed by atoms with Crippen LogP contribution in [-0.2, 0) is 11.3 Å². The average Bonchev–Trinajstić information content (AvgIpc) is 3.03. The van der Waals surface area contributed by atoms with Crippen molar-refractivity contribution in [2.45, 2.75) is 13.5 Å². The highest BCUT2D eigenvalue weighted by atomic mass is 127. The van der Waals surface area contributed by atoms with E-state index < -0.39 is 5.91 Å². The number of aromatic hydroxyl groups is 1. The summed E-state index contributed by atoms with van der Waals surface area (Å²) in [5.74, 6) is -1.05. The molecular weight excluding hydrogens is 519 g/mol. The number of aryl methyl sites for hydroxylation is 1. The smallest absolute Gasteiger partial charge is 0.295 e. The number of hydrogen-bond acceptors (Lipinski definition) is 4. The lowest BCUT2D eigenvalue weighted by molar-refractivity contribution is -0.116. The van der Waals surface area contributed by atoms with E-state index in [1.54, 1.807) is 54.6 Å². The summed E-state index contributed by atoms with van der Waals surface area (Å²) in [6, 6.07) is 21.5. The van der Waals surface area contributed by atoms with Crippen molar-refractivity contribution in [1.82, 2.24) is 4.57 Å². The summed E-state index contributed by atoms with van der Waals surface area (Å²) in [5.41, 5.74) is 2.85. The predicted molar refractivity (Wildman–Crippen MR) is 131 cm³/mol. The molecule has 0 bridgehead atoms. The minimum atomic E-state index is -0.519. The van der Waals surface area contributed by atoms with Gasteiger partial charge in [0.05, 0.1) is 5.52 Å². The Balaban J connectivity index is 1.62. The molecule has 8 heteroatoms. The van der Waals surface area contributed by atoms with Crippen LogP contribution in [-0.4, -0.2) is 21.5 Å². The molecule has 0 atom stereocenters. The number of azo groups is 1. The number of fused-ring (bicyclic) bond motifs is 1. The molecule has 0 spiro atoms. The first-order valence-corrected chi connectivity index (χ1v) is 10.9. The second-order valence-corrected chi connectivity index (χ2v) is 8.45. The molecule has 0 aliphatic rings. The molecule has 0 fully saturated rings. The topological polar surface area (TPSA) is 96.1 Å². The molecule has 0 unspecified atom stereocenters. The van der Waals surface area contributed by atoms with Gasteiger partial charge in [-0.1, -0.05) is 30.3 Å². The standard InChI is InChI=1S/C24H19IN4O3/c1-15-5-4-6-18(13-15)26-21(30)14-29-20-8-3-2-7-19(20)22(24(29)32)27-28-23(31)16-9-11-17(25)12-10-16/h2-13,32H,14H2,1H3,(H,26,30). The Morgan fingerprint density at radius 2 is 1.78 bits per heavy atom. The SMILES string of the molecule is Cc1cccc(NC(=O)Cn2c(O)c(N=NC(=O)c3ccc(I)cc3)c3ccccc32)c1. The Kier molecular flexibility index (Phi) is 6.31. The van der Waals surface area contributed by atoms with Crippen LogP contribution in [0, 0.1) is 10.5 Å². The van der Waals surface area contributed by atoms with E-state index in [0.29, 0.717) is 22.2 Å². The molecule has 32 heavy (non-hydrogen) atoms. The summed E-state index contributed by atoms with van der Waals surface area (Å²) in [6.07, 6.45) is 0. The predicted octanol–water partition coefficient (Wildman–Crippen LogP) is 5.82. The van der Waals surface area contributed by atoms with Gasteiger partial charge in [0.25, 0.3) is 5.91 Å². The summed E-state index contributed by atoms with van der Waals surface area (Å²) in [4.78, 5) is 25.0. The van der Waals surface area contributed by atoms with Crippen LogP contribution < -0.4 is 5.32 Å². The number of benzene rings is 3. The largest absolute Gasteiger partial charge is 0.493 e. The number of aromatic nitrogens is 1. The highest BCUT2D eigenvalue weighted by Gasteiger charge is 2.19. The number of nitrogens with one attached hydrogen (secondary N) is 1. The first-order valence-electron chi connectivity index (χ1n) is 9.81. The second kappa shape index (κ2) is 9.31. The molecule has 4 aromatic rings. The molecule has 0 saturated heterocycles. The highest BCUT2D eigenvalue weighted by Crippen LogP contribution is 2.38. The van der Waals surface area contributed by atoms with Crippen molar-refractivity contribution in [1.29, 1.82) is 0 Å². The van der Waals surface area contributed by atoms with Crippen LogP contribution in [0.1, 0.15) is 15.9 Å². The maximum atomic E-state index is 12.6. The van der Waals surface area contributed by atoms with Crippen molar-refractivity contribution in [2.75, 3.05) is 5.32 Å². The Bertz CT molecular complexity index is 1340. The summed E-state index contributed by atoms with van der Waals surface area (Å²) in [7, 11) is 0. The van der Waals surface area contributed by atoms with Crippen molar-refractivity contribution in [3.05, 3.63) is 87.5 Å². The van der Waals surface area contributed by atoms with Gasteiger partial charge in [-0.2, -0.15) is 0 Å². The van der Waals surface area contributed by atoms with E-state index in [2.05, 4.69) is 38.1 Å². The average molecular weight is 538 g/mol. The van der Waals surface area contributed by atoms with Crippen LogP contribution in [0.15, 0.2) is 83.0 Å². The Labute approximate surface area is 197 Å². The molecule has 4 rings (SSSR count). The van der Waals surface area contributed by atoms with E-state index in [0.717, 1.165) is 9.13 Å². The Hall–Kier alpha value is -3.53. The number of amides is 2. The molecular formula is C24H19IN4O3. The molecule has 0 aliphatic heterocycles. The van der Waals surface area contributed by atoms with Gasteiger partial charge in [0, 0.05) is 20.2 Å². The van der Waals surface area contributed by atoms with Crippen molar-refractivity contribution in [2.24, 2.45) is 10.2 Å². The van der Waals surface area contributed by atoms with E-state index in [-0.39, 0.29) is 24.0 Å². The summed E-state index contributed by atoms with van der Waals surface area (Å²) >= 11 is 2.15. The number of hydrogen-bond donors (Lipinski definition) is 2. The molecule has 3 aromatic carbocycles. The minimum Gasteiger partial charge on any atom is -0.493 e. The van der Waals surface area contributed by atoms with Gasteiger partial charge >= 0.3 is 0 Å². The van der Waals surface area contributed by atoms with Crippen LogP contribution in [0.25, 0.3) is 10.9 Å². The van der Waals surface area contributed by atoms with Gasteiger partial charge in [-0.3, -0.25) is 9.59 Å². The van der Waals surface area contributed by atoms with Crippen LogP contribution in [0.3, 0.4) is 0 Å². The minimum absolute atomic E-state index is 0.124. The molecule has 2 N–H and O–H groups in total. The molecule has 2 amide bonds. The van der Waals surface area contributed by atoms with Crippen LogP contribution in [0.5, 0.6) is 5.88 Å². The summed E-state index contributed by atoms with van der Waals surface area (Å²) < 4.78 is 2.45. The van der Waals surface area contributed by atoms with Gasteiger partial charge in [0.15, 0.2) is 5.69 Å². The van der Waals surface area contributed by atoms with Crippen molar-refractivity contribution >= 4 is 56.7 Å². The fraction of sp³-hybridized carbons (Fsp3) is 0.0833. The summed E-state index contributed by atoms with van der Waals surface area (Å²) in [5, 5.41) is 22.0. The van der Waals surface area contributed by atoms with E-state index >= 15 is 0 Å². The number of anilines is 1. The molecule has 1 aromatic heterocycles. The van der Waals surface area contributed by atoms with Gasteiger partial charge in [0.2, 0.25) is 11.8 Å². The van der Waals surface area contributed by atoms with Crippen LogP contribution in [0.2, 0.25) is 0 Å². The zero-order valence-corrected chi connectivity index (χ0v) is 19.3. The second-order valence-electron chi connectivity index (χ2n) is 7.21. The lowest BCUT2D eigenvalue weighted by atomic mass is 10.2. The quantitative estimate of drug-likeness (QED) is 0.248. The van der Waals surface area contributed by atoms with Gasteiger partial charge in [-0.05, 0) is 77.5 Å². The fourth-order valence-corrected chi connectivity index (χ4v) is 3.70. The molecule has 0 radical (unpaired) electrons. The zero-order chi connectivity index (χ0) is 22.7. The molecule has 160 valence electrons. The van der Waals surface area contributed by atoms with E-state index in [9.17, 15) is 14.7 Å². The Morgan fingerprint density at radius 1 is 1.03 bits per heavy atom. The molecule has 0 aliphatic carbocycles. The zero-order valence-electron chi connectivity index (χ0n) is 17.1. The van der Waals surface area contributed by atoms with Gasteiger partial charge in [0.1, 0.15) is 6.54 Å². The maximum Gasteiger partial charge on any atom is 0.295 e. The van der Waals surface area contributed by atoms with Crippen molar-refractivity contribution in [3.8, 4) is 5.88 Å². The maximum absolute atomic E-state index is 12.6. The third-order valence-corrected chi connectivity index (χ3v) is 5.57. The number of carbonyl (C=O) groups excluding carboxylic acids is 2. The number of carbonyl (C=O) groups is 2. The first-order chi connectivity index (χ1) is 15.4. The van der Waals surface area contributed by atoms with Gasteiger partial charge in [-0.25, -0.2) is 0 Å². The normalized spacial score (nSPS) is 11.2. The highest BCUT2D eigenvalue weighted by molar-refractivity contribution is 14.1. The lowest BCUT2D eigenvalue weighted by Gasteiger charge is -2.09. The van der Waals surface area contributed by atoms with Crippen LogP contribution in [0.4, 0.5) is 11.4 Å². The number of para-hydroxylation sites is 1. The lowest BCUT2D eigenvalue weighted by Crippen LogP contribution is -2.18. The molecule has 7 nitrogen and oxygen atoms in total. The molecule has 1 heterocycles. The van der Waals surface area contributed by atoms with E-state index in [4.69, 9.17) is 0 Å². The number of nitrogens with zero attached hydrogens (tertiary/aromatic N) is 3.